The first-order valence-electron chi connectivity index (χ1n) is 16.4. The van der Waals surface area contributed by atoms with Gasteiger partial charge in [0.15, 0.2) is 0 Å². The Labute approximate surface area is 277 Å². The van der Waals surface area contributed by atoms with Crippen molar-refractivity contribution in [2.24, 2.45) is 10.2 Å². The van der Waals surface area contributed by atoms with Crippen LogP contribution < -0.4 is 5.01 Å². The van der Waals surface area contributed by atoms with Crippen molar-refractivity contribution in [1.29, 1.82) is 0 Å². The lowest BCUT2D eigenvalue weighted by molar-refractivity contribution is -0.507. The summed E-state index contributed by atoms with van der Waals surface area (Å²) in [6, 6.07) is 58.7. The zero-order valence-corrected chi connectivity index (χ0v) is 26.1. The van der Waals surface area contributed by atoms with Gasteiger partial charge in [0.05, 0.1) is 5.69 Å². The highest BCUT2D eigenvalue weighted by Gasteiger charge is 2.27. The molecule has 0 unspecified atom stereocenters. The lowest BCUT2D eigenvalue weighted by atomic mass is 10.00. The van der Waals surface area contributed by atoms with Crippen LogP contribution in [0.15, 0.2) is 174 Å². The first kappa shape index (κ1) is 26.8. The predicted octanol–water partition coefficient (Wildman–Crippen LogP) is 11.5. The van der Waals surface area contributed by atoms with Crippen molar-refractivity contribution in [2.45, 2.75) is 0 Å². The molecular weight excluding hydrogens is 585 g/mol. The molecule has 0 amide bonds. The Morgan fingerprint density at radius 3 is 1.48 bits per heavy atom. The van der Waals surface area contributed by atoms with Crippen molar-refractivity contribution < 1.29 is 4.70 Å². The monoisotopic (exact) mass is 613 g/mol. The van der Waals surface area contributed by atoms with E-state index in [0.717, 1.165) is 16.9 Å². The van der Waals surface area contributed by atoms with Gasteiger partial charge in [-0.25, -0.2) is 5.01 Å². The maximum atomic E-state index is 5.23. The Kier molecular flexibility index (Phi) is 5.90. The quantitative estimate of drug-likeness (QED) is 0.144. The van der Waals surface area contributed by atoms with Gasteiger partial charge in [0.2, 0.25) is 11.5 Å². The van der Waals surface area contributed by atoms with E-state index in [2.05, 4.69) is 173 Å². The van der Waals surface area contributed by atoms with Crippen molar-refractivity contribution in [3.63, 3.8) is 0 Å². The SMILES string of the molecule is c1ccc2c(c1)ccc1ccc(C3=NN(c4ccc5ccc6ccccc6c5c4)C[N+](c4ccc5ccc6ccccc6c5c4)=N3)cc12. The van der Waals surface area contributed by atoms with Crippen LogP contribution in [0.3, 0.4) is 0 Å². The number of rotatable bonds is 3. The Morgan fingerprint density at radius 2 is 0.875 bits per heavy atom. The van der Waals surface area contributed by atoms with Crippen molar-refractivity contribution >= 4 is 81.8 Å². The molecule has 48 heavy (non-hydrogen) atoms. The van der Waals surface area contributed by atoms with E-state index in [1.807, 2.05) is 0 Å². The highest BCUT2D eigenvalue weighted by Crippen LogP contribution is 2.34. The van der Waals surface area contributed by atoms with Crippen LogP contribution in [0.2, 0.25) is 0 Å². The number of hydrazone groups is 1. The molecule has 1 aliphatic rings. The minimum absolute atomic E-state index is 0.479. The minimum atomic E-state index is 0.479. The average molecular weight is 614 g/mol. The van der Waals surface area contributed by atoms with Crippen LogP contribution in [-0.2, 0) is 0 Å². The third kappa shape index (κ3) is 4.34. The molecule has 9 aromatic rings. The van der Waals surface area contributed by atoms with E-state index in [1.165, 1.54) is 64.6 Å². The van der Waals surface area contributed by atoms with Crippen LogP contribution in [0.5, 0.6) is 0 Å². The third-order valence-electron chi connectivity index (χ3n) is 9.76. The van der Waals surface area contributed by atoms with Crippen LogP contribution >= 0.6 is 0 Å². The standard InChI is InChI=1S/C44H29N4/c1-4-10-38-29(7-1)13-16-32-19-20-35(25-41(32)38)44-45-47(36-23-21-33-17-14-30-8-2-5-11-39(30)42(33)26-36)28-48(46-44)37-24-22-34-18-15-31-9-3-6-12-40(31)43(34)27-37/h1-27H,28H2/q+1. The summed E-state index contributed by atoms with van der Waals surface area (Å²) in [5.41, 5.74) is 3.02. The molecule has 4 heteroatoms. The number of azo groups is 2. The van der Waals surface area contributed by atoms with Gasteiger partial charge in [-0.05, 0) is 88.9 Å². The van der Waals surface area contributed by atoms with E-state index >= 15 is 0 Å². The molecule has 1 aliphatic heterocycles. The molecule has 1 heterocycles. The third-order valence-corrected chi connectivity index (χ3v) is 9.76. The van der Waals surface area contributed by atoms with Crippen LogP contribution in [0.25, 0.3) is 64.6 Å². The Balaban J connectivity index is 1.17. The summed E-state index contributed by atoms with van der Waals surface area (Å²) in [7, 11) is 0. The average Bonchev–Trinajstić information content (AvgIpc) is 3.17. The highest BCUT2D eigenvalue weighted by molar-refractivity contribution is 6.12. The Hall–Kier alpha value is -6.39. The number of amidine groups is 1. The zero-order valence-electron chi connectivity index (χ0n) is 26.1. The molecule has 0 saturated heterocycles. The Morgan fingerprint density at radius 1 is 0.417 bits per heavy atom. The largest absolute Gasteiger partial charge is 0.269 e. The summed E-state index contributed by atoms with van der Waals surface area (Å²) in [5, 5.41) is 27.2. The van der Waals surface area contributed by atoms with E-state index < -0.39 is 0 Å². The summed E-state index contributed by atoms with van der Waals surface area (Å²) in [4.78, 5) is 0. The van der Waals surface area contributed by atoms with Gasteiger partial charge >= 0.3 is 0 Å². The first-order chi connectivity index (χ1) is 23.7. The number of benzene rings is 9. The molecule has 0 atom stereocenters. The fourth-order valence-electron chi connectivity index (χ4n) is 7.28. The number of fused-ring (bicyclic) bond motifs is 9. The van der Waals surface area contributed by atoms with Crippen molar-refractivity contribution in [1.82, 2.24) is 0 Å². The van der Waals surface area contributed by atoms with Gasteiger partial charge in [0.1, 0.15) is 0 Å². The second kappa shape index (κ2) is 10.6. The van der Waals surface area contributed by atoms with E-state index in [1.54, 1.807) is 0 Å². The van der Waals surface area contributed by atoms with Gasteiger partial charge in [0.25, 0.3) is 6.67 Å². The van der Waals surface area contributed by atoms with Crippen LogP contribution in [0.1, 0.15) is 5.56 Å². The van der Waals surface area contributed by atoms with E-state index in [0.29, 0.717) is 12.5 Å². The molecule has 4 nitrogen and oxygen atoms in total. The normalized spacial score (nSPS) is 13.5. The molecule has 9 aromatic carbocycles. The van der Waals surface area contributed by atoms with Gasteiger partial charge in [-0.2, -0.15) is 0 Å². The molecule has 0 aliphatic carbocycles. The molecule has 0 bridgehead atoms. The van der Waals surface area contributed by atoms with Crippen LogP contribution in [0.4, 0.5) is 11.4 Å². The van der Waals surface area contributed by atoms with Gasteiger partial charge in [-0.15, -0.1) is 5.10 Å². The molecule has 10 rings (SSSR count). The Bertz CT molecular complexity index is 2830. The fourth-order valence-corrected chi connectivity index (χ4v) is 7.28. The molecule has 0 fully saturated rings. The number of hydrogen-bond donors (Lipinski definition) is 0. The fraction of sp³-hybridized carbons (Fsp3) is 0.0227. The van der Waals surface area contributed by atoms with Crippen molar-refractivity contribution in [3.05, 3.63) is 169 Å². The molecule has 0 N–H and O–H groups in total. The molecule has 224 valence electrons. The molecule has 0 spiro atoms. The number of anilines is 1. The molecular formula is C44H29N4+. The van der Waals surface area contributed by atoms with Gasteiger partial charge in [-0.1, -0.05) is 132 Å². The maximum absolute atomic E-state index is 5.23. The summed E-state index contributed by atoms with van der Waals surface area (Å²) in [6.07, 6.45) is 0. The molecule has 0 saturated carbocycles. The predicted molar refractivity (Wildman–Crippen MR) is 201 cm³/mol. The number of nitrogens with zero attached hydrogens (tertiary/aromatic N) is 4. The molecule has 0 radical (unpaired) electrons. The summed E-state index contributed by atoms with van der Waals surface area (Å²) < 4.78 is 2.09. The van der Waals surface area contributed by atoms with E-state index in [4.69, 9.17) is 10.2 Å². The van der Waals surface area contributed by atoms with E-state index in [-0.39, 0.29) is 0 Å². The summed E-state index contributed by atoms with van der Waals surface area (Å²) in [5.74, 6) is 0.673. The smallest absolute Gasteiger partial charge is 0.201 e. The maximum Gasteiger partial charge on any atom is 0.269 e. The summed E-state index contributed by atoms with van der Waals surface area (Å²) in [6.45, 7) is 0.479. The van der Waals surface area contributed by atoms with Crippen molar-refractivity contribution in [3.8, 4) is 0 Å². The van der Waals surface area contributed by atoms with Crippen molar-refractivity contribution in [2.75, 3.05) is 11.7 Å². The molecule has 0 aromatic heterocycles. The highest BCUT2D eigenvalue weighted by atomic mass is 15.6. The lowest BCUT2D eigenvalue weighted by Crippen LogP contribution is -2.31. The summed E-state index contributed by atoms with van der Waals surface area (Å²) >= 11 is 0. The van der Waals surface area contributed by atoms with Gasteiger partial charge < -0.3 is 0 Å². The topological polar surface area (TPSA) is 31.0 Å². The van der Waals surface area contributed by atoms with Crippen LogP contribution in [0, 0.1) is 0 Å². The second-order valence-corrected chi connectivity index (χ2v) is 12.6. The van der Waals surface area contributed by atoms with Gasteiger partial charge in [-0.3, -0.25) is 0 Å². The van der Waals surface area contributed by atoms with Crippen LogP contribution in [-0.4, -0.2) is 17.2 Å². The lowest BCUT2D eigenvalue weighted by Gasteiger charge is -2.21. The first-order valence-corrected chi connectivity index (χ1v) is 16.4. The minimum Gasteiger partial charge on any atom is -0.201 e. The second-order valence-electron chi connectivity index (χ2n) is 12.6. The van der Waals surface area contributed by atoms with Gasteiger partial charge in [0, 0.05) is 22.8 Å². The van der Waals surface area contributed by atoms with E-state index in [9.17, 15) is 0 Å². The zero-order chi connectivity index (χ0) is 31.6. The number of hydrogen-bond acceptors (Lipinski definition) is 3.